The van der Waals surface area contributed by atoms with Crippen LogP contribution in [0.3, 0.4) is 0 Å². The summed E-state index contributed by atoms with van der Waals surface area (Å²) < 4.78 is 6.33. The van der Waals surface area contributed by atoms with Gasteiger partial charge in [0.25, 0.3) is 5.91 Å². The molecule has 0 spiro atoms. The molecule has 3 heterocycles. The number of nitrogens with one attached hydrogen (secondary N) is 1. The van der Waals surface area contributed by atoms with E-state index in [1.165, 1.54) is 7.11 Å². The first-order valence-corrected chi connectivity index (χ1v) is 7.18. The van der Waals surface area contributed by atoms with Crippen molar-refractivity contribution in [3.63, 3.8) is 0 Å². The van der Waals surface area contributed by atoms with Crippen molar-refractivity contribution in [1.29, 1.82) is 0 Å². The normalized spacial score (nSPS) is 13.4. The summed E-state index contributed by atoms with van der Waals surface area (Å²) in [6, 6.07) is 1.72. The number of hydrogen-bond donors (Lipinski definition) is 1. The summed E-state index contributed by atoms with van der Waals surface area (Å²) in [5, 5.41) is 6.84. The summed E-state index contributed by atoms with van der Waals surface area (Å²) in [5.74, 6) is 0.379. The second kappa shape index (κ2) is 6.07. The van der Waals surface area contributed by atoms with Gasteiger partial charge < -0.3 is 15.0 Å². The average Bonchev–Trinajstić information content (AvgIpc) is 2.97. The zero-order valence-electron chi connectivity index (χ0n) is 12.9. The molecule has 0 unspecified atom stereocenters. The van der Waals surface area contributed by atoms with Crippen molar-refractivity contribution >= 4 is 17.8 Å². The van der Waals surface area contributed by atoms with Crippen molar-refractivity contribution in [1.82, 2.24) is 19.7 Å². The molecule has 0 aromatic carbocycles. The van der Waals surface area contributed by atoms with Crippen molar-refractivity contribution in [2.75, 3.05) is 19.0 Å². The van der Waals surface area contributed by atoms with E-state index in [1.54, 1.807) is 41.3 Å². The van der Waals surface area contributed by atoms with Crippen LogP contribution in [0.4, 0.5) is 10.6 Å². The van der Waals surface area contributed by atoms with Gasteiger partial charge in [0, 0.05) is 32.1 Å². The zero-order chi connectivity index (χ0) is 16.4. The molecule has 0 saturated carbocycles. The molecule has 0 atom stereocenters. The molecule has 23 heavy (non-hydrogen) atoms. The lowest BCUT2D eigenvalue weighted by atomic mass is 9.97. The third-order valence-corrected chi connectivity index (χ3v) is 3.88. The van der Waals surface area contributed by atoms with Gasteiger partial charge in [0.2, 0.25) is 0 Å². The Balaban J connectivity index is 1.84. The first kappa shape index (κ1) is 15.0. The number of pyridine rings is 1. The first-order valence-electron chi connectivity index (χ1n) is 7.18. The molecule has 2 aromatic heterocycles. The summed E-state index contributed by atoms with van der Waals surface area (Å²) in [6.45, 7) is 0.900. The Morgan fingerprint density at radius 2 is 2.17 bits per heavy atom. The van der Waals surface area contributed by atoms with Crippen molar-refractivity contribution in [3.8, 4) is 0 Å². The highest BCUT2D eigenvalue weighted by Gasteiger charge is 2.25. The van der Waals surface area contributed by atoms with E-state index < -0.39 is 0 Å². The van der Waals surface area contributed by atoms with E-state index in [0.29, 0.717) is 30.9 Å². The lowest BCUT2D eigenvalue weighted by Gasteiger charge is -2.28. The molecule has 2 aromatic rings. The minimum Gasteiger partial charge on any atom is -0.453 e. The van der Waals surface area contributed by atoms with Crippen molar-refractivity contribution < 1.29 is 14.3 Å². The van der Waals surface area contributed by atoms with Crippen molar-refractivity contribution in [2.45, 2.75) is 13.0 Å². The third kappa shape index (κ3) is 2.87. The summed E-state index contributed by atoms with van der Waals surface area (Å²) >= 11 is 0. The van der Waals surface area contributed by atoms with Crippen molar-refractivity contribution in [2.24, 2.45) is 7.05 Å². The number of rotatable bonds is 2. The standard InChI is InChI=1S/C15H17N5O3/c1-19-13(3-5-17-19)18-14(21)12-8-16-7-10-9-20(15(22)23-2)6-4-11(10)12/h3,5,7-8H,4,6,9H2,1-2H3,(H,18,21). The van der Waals surface area contributed by atoms with Gasteiger partial charge in [-0.05, 0) is 17.5 Å². The molecule has 0 bridgehead atoms. The Bertz CT molecular complexity index is 755. The summed E-state index contributed by atoms with van der Waals surface area (Å²) in [6.07, 6.45) is 5.06. The van der Waals surface area contributed by atoms with Gasteiger partial charge in [-0.1, -0.05) is 0 Å². The predicted octanol–water partition coefficient (Wildman–Crippen LogP) is 1.19. The SMILES string of the molecule is COC(=O)N1CCc2c(cncc2C(=O)Nc2ccnn2C)C1. The maximum Gasteiger partial charge on any atom is 0.409 e. The summed E-state index contributed by atoms with van der Waals surface area (Å²) in [4.78, 5) is 29.9. The smallest absolute Gasteiger partial charge is 0.409 e. The van der Waals surface area contributed by atoms with E-state index in [0.717, 1.165) is 11.1 Å². The van der Waals surface area contributed by atoms with Crippen molar-refractivity contribution in [3.05, 3.63) is 41.3 Å². The van der Waals surface area contributed by atoms with Gasteiger partial charge in [0.1, 0.15) is 5.82 Å². The highest BCUT2D eigenvalue weighted by molar-refractivity contribution is 6.04. The van der Waals surface area contributed by atoms with Crippen LogP contribution in [0, 0.1) is 0 Å². The number of nitrogens with zero attached hydrogens (tertiary/aromatic N) is 4. The van der Waals surface area contributed by atoms with Crippen LogP contribution in [0.2, 0.25) is 0 Å². The number of carbonyl (C=O) groups is 2. The second-order valence-corrected chi connectivity index (χ2v) is 5.26. The largest absolute Gasteiger partial charge is 0.453 e. The van der Waals surface area contributed by atoms with Crippen LogP contribution in [-0.2, 0) is 24.8 Å². The molecule has 120 valence electrons. The number of carbonyl (C=O) groups excluding carboxylic acids is 2. The topological polar surface area (TPSA) is 89.3 Å². The summed E-state index contributed by atoms with van der Waals surface area (Å²) in [5.41, 5.74) is 2.30. The molecule has 1 aliphatic heterocycles. The Labute approximate surface area is 133 Å². The van der Waals surface area contributed by atoms with Crippen LogP contribution in [0.5, 0.6) is 0 Å². The fourth-order valence-electron chi connectivity index (χ4n) is 2.65. The number of amides is 2. The minimum atomic E-state index is -0.375. The van der Waals surface area contributed by atoms with Crippen LogP contribution < -0.4 is 5.32 Å². The molecule has 2 amide bonds. The first-order chi connectivity index (χ1) is 11.1. The Morgan fingerprint density at radius 1 is 1.35 bits per heavy atom. The van der Waals surface area contributed by atoms with Crippen LogP contribution >= 0.6 is 0 Å². The Morgan fingerprint density at radius 3 is 2.87 bits per heavy atom. The maximum absolute atomic E-state index is 12.5. The highest BCUT2D eigenvalue weighted by Crippen LogP contribution is 2.22. The van der Waals surface area contributed by atoms with Gasteiger partial charge in [0.15, 0.2) is 0 Å². The van der Waals surface area contributed by atoms with Crippen LogP contribution in [0.25, 0.3) is 0 Å². The zero-order valence-corrected chi connectivity index (χ0v) is 12.9. The fraction of sp³-hybridized carbons (Fsp3) is 0.333. The molecule has 8 nitrogen and oxygen atoms in total. The van der Waals surface area contributed by atoms with Gasteiger partial charge in [0.05, 0.1) is 25.4 Å². The predicted molar refractivity (Wildman–Crippen MR) is 81.9 cm³/mol. The molecule has 0 fully saturated rings. The number of fused-ring (bicyclic) bond motifs is 1. The lowest BCUT2D eigenvalue weighted by molar-refractivity contribution is 0.102. The summed E-state index contributed by atoms with van der Waals surface area (Å²) in [7, 11) is 3.11. The molecular weight excluding hydrogens is 298 g/mol. The molecule has 0 radical (unpaired) electrons. The molecule has 8 heteroatoms. The number of aromatic nitrogens is 3. The number of aryl methyl sites for hydroxylation is 1. The van der Waals surface area contributed by atoms with E-state index in [-0.39, 0.29) is 12.0 Å². The molecule has 1 N–H and O–H groups in total. The minimum absolute atomic E-state index is 0.232. The van der Waals surface area contributed by atoms with E-state index in [2.05, 4.69) is 15.4 Å². The lowest BCUT2D eigenvalue weighted by Crippen LogP contribution is -2.36. The van der Waals surface area contributed by atoms with Crippen LogP contribution in [0.15, 0.2) is 24.7 Å². The molecule has 1 aliphatic rings. The van der Waals surface area contributed by atoms with Crippen LogP contribution in [-0.4, -0.2) is 45.3 Å². The van der Waals surface area contributed by atoms with E-state index in [1.807, 2.05) is 0 Å². The van der Waals surface area contributed by atoms with E-state index in [4.69, 9.17) is 4.74 Å². The number of hydrogen-bond acceptors (Lipinski definition) is 5. The second-order valence-electron chi connectivity index (χ2n) is 5.26. The molecule has 0 aliphatic carbocycles. The van der Waals surface area contributed by atoms with Crippen LogP contribution in [0.1, 0.15) is 21.5 Å². The molecule has 0 saturated heterocycles. The van der Waals surface area contributed by atoms with E-state index >= 15 is 0 Å². The number of methoxy groups -OCH3 is 1. The number of ether oxygens (including phenoxy) is 1. The highest BCUT2D eigenvalue weighted by atomic mass is 16.5. The average molecular weight is 315 g/mol. The fourth-order valence-corrected chi connectivity index (χ4v) is 2.65. The van der Waals surface area contributed by atoms with Gasteiger partial charge in [-0.15, -0.1) is 0 Å². The van der Waals surface area contributed by atoms with Gasteiger partial charge in [-0.3, -0.25) is 14.5 Å². The third-order valence-electron chi connectivity index (χ3n) is 3.88. The molecule has 3 rings (SSSR count). The molecular formula is C15H17N5O3. The van der Waals surface area contributed by atoms with Gasteiger partial charge >= 0.3 is 6.09 Å². The van der Waals surface area contributed by atoms with Gasteiger partial charge in [-0.2, -0.15) is 5.10 Å². The van der Waals surface area contributed by atoms with E-state index in [9.17, 15) is 9.59 Å². The quantitative estimate of drug-likeness (QED) is 0.899. The number of anilines is 1. The maximum atomic E-state index is 12.5. The Kier molecular flexibility index (Phi) is 3.96. The monoisotopic (exact) mass is 315 g/mol. The van der Waals surface area contributed by atoms with Gasteiger partial charge in [-0.25, -0.2) is 4.79 Å². The Hall–Kier alpha value is -2.90.